The molecule has 0 aliphatic heterocycles. The first kappa shape index (κ1) is 88.6. The van der Waals surface area contributed by atoms with Gasteiger partial charge in [0.25, 0.3) is 0 Å². The van der Waals surface area contributed by atoms with Crippen molar-refractivity contribution in [2.75, 3.05) is 13.2 Å². The van der Waals surface area contributed by atoms with Crippen LogP contribution in [0.4, 0.5) is 0 Å². The van der Waals surface area contributed by atoms with Crippen molar-refractivity contribution in [3.63, 3.8) is 0 Å². The van der Waals surface area contributed by atoms with Gasteiger partial charge in [-0.05, 0) is 32.1 Å². The van der Waals surface area contributed by atoms with Crippen LogP contribution in [0.15, 0.2) is 12.2 Å². The van der Waals surface area contributed by atoms with Crippen LogP contribution in [0.5, 0.6) is 0 Å². The Labute approximate surface area is 565 Å². The number of allylic oxidation sites excluding steroid dienone is 1. The van der Waals surface area contributed by atoms with Gasteiger partial charge in [0.05, 0.1) is 25.4 Å². The molecule has 0 aromatic rings. The molecular weight excluding hydrogens is 1100 g/mol. The van der Waals surface area contributed by atoms with Crippen molar-refractivity contribution in [1.82, 2.24) is 5.32 Å². The quantitative estimate of drug-likeness (QED) is 0.0320. The summed E-state index contributed by atoms with van der Waals surface area (Å²) in [5.41, 5.74) is 0. The first-order valence-corrected chi connectivity index (χ1v) is 42.0. The molecule has 0 spiro atoms. The summed E-state index contributed by atoms with van der Waals surface area (Å²) in [4.78, 5) is 24.6. The van der Waals surface area contributed by atoms with Crippen LogP contribution in [0.1, 0.15) is 489 Å². The fourth-order valence-corrected chi connectivity index (χ4v) is 13.7. The summed E-state index contributed by atoms with van der Waals surface area (Å²) in [7, 11) is 0. The van der Waals surface area contributed by atoms with Crippen molar-refractivity contribution < 1.29 is 24.5 Å². The van der Waals surface area contributed by atoms with Crippen LogP contribution in [0.25, 0.3) is 0 Å². The maximum atomic E-state index is 12.6. The Bertz CT molecular complexity index is 1370. The number of nitrogens with one attached hydrogen (secondary N) is 1. The molecule has 0 bridgehead atoms. The van der Waals surface area contributed by atoms with E-state index in [0.717, 1.165) is 38.5 Å². The van der Waals surface area contributed by atoms with Gasteiger partial charge < -0.3 is 20.3 Å². The van der Waals surface area contributed by atoms with E-state index in [1.165, 1.54) is 424 Å². The van der Waals surface area contributed by atoms with E-state index in [9.17, 15) is 19.8 Å². The molecule has 0 radical (unpaired) electrons. The number of unbranched alkanes of at least 4 members (excludes halogenated alkanes) is 69. The highest BCUT2D eigenvalue weighted by Crippen LogP contribution is 2.21. The summed E-state index contributed by atoms with van der Waals surface area (Å²) in [5, 5.41) is 23.3. The van der Waals surface area contributed by atoms with Crippen LogP contribution < -0.4 is 5.32 Å². The Morgan fingerprint density at radius 1 is 0.300 bits per heavy atom. The average Bonchev–Trinajstić information content (AvgIpc) is 3.67. The highest BCUT2D eigenvalue weighted by atomic mass is 16.5. The molecule has 6 heteroatoms. The molecule has 0 aliphatic rings. The first-order chi connectivity index (χ1) is 44.5. The standard InChI is InChI=1S/C84H165NO5/c1-3-5-7-9-11-13-15-17-18-19-20-21-37-40-43-46-49-53-56-60-64-68-72-76-82(87)81(80-86)85-83(88)77-73-69-65-61-57-54-50-47-44-41-38-35-33-31-29-27-25-23-22-24-26-28-30-32-34-36-39-42-45-48-51-55-59-63-67-71-75-79-90-84(89)78-74-70-66-62-58-52-16-14-12-10-8-6-4-2/h72,76,81-82,86-87H,3-71,73-75,77-80H2,1-2H3,(H,85,88)/b76-72+. The fourth-order valence-electron chi connectivity index (χ4n) is 13.7. The van der Waals surface area contributed by atoms with Gasteiger partial charge in [-0.25, -0.2) is 0 Å². The van der Waals surface area contributed by atoms with Gasteiger partial charge in [-0.2, -0.15) is 0 Å². The number of carbonyl (C=O) groups excluding carboxylic acids is 2. The number of esters is 1. The largest absolute Gasteiger partial charge is 0.466 e. The average molecular weight is 1270 g/mol. The van der Waals surface area contributed by atoms with E-state index < -0.39 is 12.1 Å². The predicted molar refractivity (Wildman–Crippen MR) is 398 cm³/mol. The van der Waals surface area contributed by atoms with Gasteiger partial charge in [0.1, 0.15) is 0 Å². The summed E-state index contributed by atoms with van der Waals surface area (Å²) in [6, 6.07) is -0.624. The zero-order valence-electron chi connectivity index (χ0n) is 61.7. The Morgan fingerprint density at radius 2 is 0.511 bits per heavy atom. The van der Waals surface area contributed by atoms with Crippen molar-refractivity contribution in [1.29, 1.82) is 0 Å². The molecule has 0 heterocycles. The second kappa shape index (κ2) is 80.0. The zero-order valence-corrected chi connectivity index (χ0v) is 61.7. The molecule has 0 aromatic carbocycles. The van der Waals surface area contributed by atoms with Gasteiger partial charge in [-0.1, -0.05) is 456 Å². The van der Waals surface area contributed by atoms with Crippen LogP contribution in [0.2, 0.25) is 0 Å². The fraction of sp³-hybridized carbons (Fsp3) is 0.952. The predicted octanol–water partition coefficient (Wildman–Crippen LogP) is 27.8. The number of aliphatic hydroxyl groups is 2. The van der Waals surface area contributed by atoms with E-state index in [1.54, 1.807) is 6.08 Å². The molecular formula is C84H165NO5. The number of carbonyl (C=O) groups is 2. The molecule has 0 fully saturated rings. The maximum absolute atomic E-state index is 12.6. The van der Waals surface area contributed by atoms with E-state index >= 15 is 0 Å². The van der Waals surface area contributed by atoms with Gasteiger partial charge in [0, 0.05) is 12.8 Å². The Balaban J connectivity index is 3.32. The SMILES string of the molecule is CCCCCCCCCCCCCCCCCCCCCCC/C=C/C(O)C(CO)NC(=O)CCCCCCCCCCCCCCCCCCCCCCCCCCCCCCCCCCCCCCCOC(=O)CCCCCCCCCCCCCCC. The lowest BCUT2D eigenvalue weighted by atomic mass is 10.0. The molecule has 0 aromatic heterocycles. The minimum atomic E-state index is -0.841. The lowest BCUT2D eigenvalue weighted by Gasteiger charge is -2.20. The Kier molecular flexibility index (Phi) is 78.8. The second-order valence-electron chi connectivity index (χ2n) is 29.2. The second-order valence-corrected chi connectivity index (χ2v) is 29.2. The number of ether oxygens (including phenoxy) is 1. The van der Waals surface area contributed by atoms with Crippen LogP contribution in [-0.2, 0) is 14.3 Å². The number of rotatable bonds is 80. The van der Waals surface area contributed by atoms with Crippen molar-refractivity contribution in [3.8, 4) is 0 Å². The number of hydrogen-bond donors (Lipinski definition) is 3. The number of amides is 1. The number of aliphatic hydroxyl groups excluding tert-OH is 2. The van der Waals surface area contributed by atoms with E-state index in [4.69, 9.17) is 4.74 Å². The Morgan fingerprint density at radius 3 is 0.756 bits per heavy atom. The van der Waals surface area contributed by atoms with E-state index in [-0.39, 0.29) is 18.5 Å². The summed E-state index contributed by atoms with van der Waals surface area (Å²) < 4.78 is 5.50. The van der Waals surface area contributed by atoms with Crippen LogP contribution >= 0.6 is 0 Å². The van der Waals surface area contributed by atoms with Crippen molar-refractivity contribution in [2.45, 2.75) is 501 Å². The van der Waals surface area contributed by atoms with Crippen molar-refractivity contribution >= 4 is 11.9 Å². The maximum Gasteiger partial charge on any atom is 0.305 e. The molecule has 90 heavy (non-hydrogen) atoms. The topological polar surface area (TPSA) is 95.9 Å². The van der Waals surface area contributed by atoms with Gasteiger partial charge in [-0.15, -0.1) is 0 Å². The van der Waals surface area contributed by atoms with E-state index in [2.05, 4.69) is 19.2 Å². The molecule has 2 unspecified atom stereocenters. The molecule has 0 saturated carbocycles. The van der Waals surface area contributed by atoms with Crippen molar-refractivity contribution in [3.05, 3.63) is 12.2 Å². The monoisotopic (exact) mass is 1270 g/mol. The van der Waals surface area contributed by atoms with E-state index in [1.807, 2.05) is 6.08 Å². The summed E-state index contributed by atoms with van der Waals surface area (Å²) in [6.07, 6.45) is 102. The third-order valence-electron chi connectivity index (χ3n) is 20.1. The molecule has 3 N–H and O–H groups in total. The van der Waals surface area contributed by atoms with Crippen molar-refractivity contribution in [2.24, 2.45) is 0 Å². The normalized spacial score (nSPS) is 12.4. The molecule has 0 rings (SSSR count). The van der Waals surface area contributed by atoms with Gasteiger partial charge in [-0.3, -0.25) is 9.59 Å². The molecule has 1 amide bonds. The Hall–Kier alpha value is -1.40. The summed E-state index contributed by atoms with van der Waals surface area (Å²) in [5.74, 6) is -0.0304. The molecule has 0 saturated heterocycles. The molecule has 6 nitrogen and oxygen atoms in total. The minimum Gasteiger partial charge on any atom is -0.466 e. The third-order valence-corrected chi connectivity index (χ3v) is 20.1. The smallest absolute Gasteiger partial charge is 0.305 e. The number of hydrogen-bond acceptors (Lipinski definition) is 5. The van der Waals surface area contributed by atoms with Gasteiger partial charge in [0.2, 0.25) is 5.91 Å². The minimum absolute atomic E-state index is 0.0260. The van der Waals surface area contributed by atoms with Gasteiger partial charge >= 0.3 is 5.97 Å². The molecule has 0 aliphatic carbocycles. The zero-order chi connectivity index (χ0) is 64.9. The third kappa shape index (κ3) is 75.6. The van der Waals surface area contributed by atoms with Crippen LogP contribution in [-0.4, -0.2) is 47.4 Å². The highest BCUT2D eigenvalue weighted by Gasteiger charge is 2.18. The molecule has 2 atom stereocenters. The lowest BCUT2D eigenvalue weighted by molar-refractivity contribution is -0.143. The summed E-state index contributed by atoms with van der Waals surface area (Å²) >= 11 is 0. The van der Waals surface area contributed by atoms with Crippen LogP contribution in [0.3, 0.4) is 0 Å². The summed E-state index contributed by atoms with van der Waals surface area (Å²) in [6.45, 7) is 4.97. The first-order valence-electron chi connectivity index (χ1n) is 42.0. The molecule has 536 valence electrons. The van der Waals surface area contributed by atoms with Crippen LogP contribution in [0, 0.1) is 0 Å². The highest BCUT2D eigenvalue weighted by molar-refractivity contribution is 5.76. The van der Waals surface area contributed by atoms with Gasteiger partial charge in [0.15, 0.2) is 0 Å². The van der Waals surface area contributed by atoms with E-state index in [0.29, 0.717) is 19.4 Å². The lowest BCUT2D eigenvalue weighted by Crippen LogP contribution is -2.45.